The molecule has 2 aromatic rings. The van der Waals surface area contributed by atoms with Gasteiger partial charge in [-0.15, -0.1) is 0 Å². The number of para-hydroxylation sites is 1. The van der Waals surface area contributed by atoms with Gasteiger partial charge in [0.15, 0.2) is 4.77 Å². The molecule has 1 aromatic carbocycles. The van der Waals surface area contributed by atoms with Crippen LogP contribution in [0.5, 0.6) is 5.88 Å². The minimum absolute atomic E-state index is 0.102. The molecule has 0 radical (unpaired) electrons. The second-order valence-electron chi connectivity index (χ2n) is 6.97. The maximum atomic E-state index is 12.5. The maximum absolute atomic E-state index is 12.5. The number of amides is 1. The van der Waals surface area contributed by atoms with Crippen LogP contribution in [0.4, 0.5) is 0 Å². The third-order valence-corrected chi connectivity index (χ3v) is 5.17. The van der Waals surface area contributed by atoms with Crippen LogP contribution in [0.3, 0.4) is 0 Å². The molecule has 1 aliphatic heterocycles. The van der Waals surface area contributed by atoms with E-state index in [0.717, 1.165) is 29.0 Å². The molecule has 0 saturated heterocycles. The van der Waals surface area contributed by atoms with Crippen molar-refractivity contribution in [2.75, 3.05) is 6.54 Å². The summed E-state index contributed by atoms with van der Waals surface area (Å²) in [5.41, 5.74) is 1.22. The molecule has 0 atom stereocenters. The molecule has 28 heavy (non-hydrogen) atoms. The van der Waals surface area contributed by atoms with Crippen LogP contribution in [0, 0.1) is 4.77 Å². The Morgan fingerprint density at radius 1 is 1.43 bits per heavy atom. The molecule has 3 N–H and O–H groups in total. The predicted molar refractivity (Wildman–Crippen MR) is 108 cm³/mol. The first-order valence-electron chi connectivity index (χ1n) is 9.17. The summed E-state index contributed by atoms with van der Waals surface area (Å²) in [6, 6.07) is 7.81. The third kappa shape index (κ3) is 3.43. The quantitative estimate of drug-likeness (QED) is 0.664. The molecule has 1 saturated carbocycles. The average molecular weight is 396 g/mol. The molecule has 1 aromatic heterocycles. The number of carbonyl (C=O) groups excluding carboxylic acids is 1. The Balaban J connectivity index is 1.82. The van der Waals surface area contributed by atoms with Gasteiger partial charge in [0, 0.05) is 24.7 Å². The summed E-state index contributed by atoms with van der Waals surface area (Å²) < 4.78 is 1.83. The van der Waals surface area contributed by atoms with Crippen molar-refractivity contribution in [3.8, 4) is 5.88 Å². The number of rotatable bonds is 5. The van der Waals surface area contributed by atoms with E-state index in [2.05, 4.69) is 15.3 Å². The molecule has 1 amide bonds. The number of fused-ring (bicyclic) bond motifs is 1. The predicted octanol–water partition coefficient (Wildman–Crippen LogP) is 1.30. The number of hydrogen-bond acceptors (Lipinski definition) is 5. The van der Waals surface area contributed by atoms with E-state index in [9.17, 15) is 14.7 Å². The van der Waals surface area contributed by atoms with E-state index in [1.54, 1.807) is 10.6 Å². The number of hydrogen-bond donors (Lipinski definition) is 3. The lowest BCUT2D eigenvalue weighted by Crippen LogP contribution is -2.25. The van der Waals surface area contributed by atoms with Crippen LogP contribution in [0.15, 0.2) is 39.7 Å². The summed E-state index contributed by atoms with van der Waals surface area (Å²) in [5, 5.41) is 15.2. The summed E-state index contributed by atoms with van der Waals surface area (Å²) in [4.78, 5) is 31.0. The van der Waals surface area contributed by atoms with E-state index in [-0.39, 0.29) is 28.2 Å². The van der Waals surface area contributed by atoms with Gasteiger partial charge in [0.1, 0.15) is 5.56 Å². The molecule has 0 spiro atoms. The first-order chi connectivity index (χ1) is 13.5. The van der Waals surface area contributed by atoms with Crippen molar-refractivity contribution in [2.24, 2.45) is 4.99 Å². The maximum Gasteiger partial charge on any atom is 0.262 e. The monoisotopic (exact) mass is 396 g/mol. The van der Waals surface area contributed by atoms with E-state index >= 15 is 0 Å². The van der Waals surface area contributed by atoms with Gasteiger partial charge in [0.05, 0.1) is 11.1 Å². The lowest BCUT2D eigenvalue weighted by molar-refractivity contribution is -0.118. The molecule has 0 bridgehead atoms. The van der Waals surface area contributed by atoms with Gasteiger partial charge in [-0.25, -0.2) is 4.99 Å². The molecule has 1 fully saturated rings. The second-order valence-corrected chi connectivity index (χ2v) is 7.35. The minimum Gasteiger partial charge on any atom is -0.494 e. The van der Waals surface area contributed by atoms with E-state index in [1.165, 1.54) is 6.92 Å². The smallest absolute Gasteiger partial charge is 0.262 e. The van der Waals surface area contributed by atoms with E-state index in [1.807, 2.05) is 24.3 Å². The number of allylic oxidation sites excluding steroid dienone is 1. The Hall–Kier alpha value is -3.00. The fourth-order valence-corrected chi connectivity index (χ4v) is 3.73. The van der Waals surface area contributed by atoms with Crippen molar-refractivity contribution in [3.05, 3.63) is 61.2 Å². The van der Waals surface area contributed by atoms with Gasteiger partial charge in [-0.2, -0.15) is 0 Å². The Bertz CT molecular complexity index is 1240. The first kappa shape index (κ1) is 18.4. The van der Waals surface area contributed by atoms with Crippen molar-refractivity contribution in [1.82, 2.24) is 14.9 Å². The normalized spacial score (nSPS) is 16.8. The van der Waals surface area contributed by atoms with Crippen LogP contribution in [-0.4, -0.2) is 27.1 Å². The minimum atomic E-state index is -0.445. The molecular formula is C20H20N4O3S. The third-order valence-electron chi connectivity index (χ3n) is 4.87. The summed E-state index contributed by atoms with van der Waals surface area (Å²) in [7, 11) is 0. The Labute approximate surface area is 165 Å². The zero-order chi connectivity index (χ0) is 19.8. The molecule has 1 aliphatic carbocycles. The van der Waals surface area contributed by atoms with Gasteiger partial charge in [0.25, 0.3) is 5.56 Å². The zero-order valence-corrected chi connectivity index (χ0v) is 16.2. The van der Waals surface area contributed by atoms with Gasteiger partial charge < -0.3 is 10.4 Å². The standard InChI is InChI=1S/C20H20N4O3S/c1-11(25)21-9-8-14-13-4-2-3-5-16(13)22-17(14)10-15-18(26)23-20(28)24(19(15)27)12-6-7-12/h2-5,10,12,27H,6-9H2,1H3,(H,21,25)(H,23,26,28). The number of benzene rings is 1. The fraction of sp³-hybridized carbons (Fsp3) is 0.300. The first-order valence-corrected chi connectivity index (χ1v) is 9.58. The van der Waals surface area contributed by atoms with Gasteiger partial charge in [-0.1, -0.05) is 18.2 Å². The van der Waals surface area contributed by atoms with Crippen molar-refractivity contribution < 1.29 is 9.90 Å². The number of aromatic amines is 1. The number of nitrogens with one attached hydrogen (secondary N) is 2. The Kier molecular flexibility index (Phi) is 4.72. The molecule has 0 unspecified atom stereocenters. The van der Waals surface area contributed by atoms with Crippen LogP contribution in [0.25, 0.3) is 11.6 Å². The van der Waals surface area contributed by atoms with Crippen LogP contribution >= 0.6 is 12.2 Å². The molecule has 4 rings (SSSR count). The number of carbonyl (C=O) groups is 1. The van der Waals surface area contributed by atoms with Gasteiger partial charge >= 0.3 is 0 Å². The van der Waals surface area contributed by atoms with Gasteiger partial charge in [-0.05, 0) is 49.2 Å². The van der Waals surface area contributed by atoms with Crippen molar-refractivity contribution in [1.29, 1.82) is 0 Å². The number of aromatic hydroxyl groups is 1. The summed E-state index contributed by atoms with van der Waals surface area (Å²) in [6.45, 7) is 1.93. The lowest BCUT2D eigenvalue weighted by Gasteiger charge is -2.11. The number of nitrogens with zero attached hydrogens (tertiary/aromatic N) is 2. The molecular weight excluding hydrogens is 376 g/mol. The van der Waals surface area contributed by atoms with E-state index in [0.29, 0.717) is 18.7 Å². The van der Waals surface area contributed by atoms with Crippen molar-refractivity contribution >= 4 is 29.8 Å². The molecule has 8 heteroatoms. The largest absolute Gasteiger partial charge is 0.494 e. The van der Waals surface area contributed by atoms with Crippen LogP contribution in [0.1, 0.15) is 37.8 Å². The van der Waals surface area contributed by atoms with Crippen LogP contribution in [0.2, 0.25) is 0 Å². The molecule has 7 nitrogen and oxygen atoms in total. The van der Waals surface area contributed by atoms with Gasteiger partial charge in [0.2, 0.25) is 11.8 Å². The highest BCUT2D eigenvalue weighted by Crippen LogP contribution is 2.38. The second kappa shape index (κ2) is 7.20. The average Bonchev–Trinajstić information content (AvgIpc) is 3.41. The highest BCUT2D eigenvalue weighted by Gasteiger charge is 2.28. The Morgan fingerprint density at radius 3 is 2.89 bits per heavy atom. The molecule has 2 heterocycles. The van der Waals surface area contributed by atoms with Crippen molar-refractivity contribution in [3.63, 3.8) is 0 Å². The van der Waals surface area contributed by atoms with Crippen LogP contribution in [-0.2, 0) is 4.79 Å². The van der Waals surface area contributed by atoms with E-state index in [4.69, 9.17) is 12.2 Å². The Morgan fingerprint density at radius 2 is 2.18 bits per heavy atom. The molecule has 144 valence electrons. The lowest BCUT2D eigenvalue weighted by atomic mass is 10.1. The van der Waals surface area contributed by atoms with E-state index < -0.39 is 5.56 Å². The number of aromatic nitrogens is 2. The fourth-order valence-electron chi connectivity index (χ4n) is 3.40. The molecule has 2 aliphatic rings. The highest BCUT2D eigenvalue weighted by molar-refractivity contribution is 7.71. The topological polar surface area (TPSA) is 99.5 Å². The van der Waals surface area contributed by atoms with Crippen LogP contribution < -0.4 is 21.5 Å². The highest BCUT2D eigenvalue weighted by atomic mass is 32.1. The van der Waals surface area contributed by atoms with Gasteiger partial charge in [-0.3, -0.25) is 19.1 Å². The SMILES string of the molecule is CC(=O)NCCC1=c2ccccc2=NC1=Cc1c(O)n(C2CC2)c(=S)[nH]c1=O. The van der Waals surface area contributed by atoms with Crippen molar-refractivity contribution in [2.45, 2.75) is 32.2 Å². The summed E-state index contributed by atoms with van der Waals surface area (Å²) >= 11 is 5.21. The summed E-state index contributed by atoms with van der Waals surface area (Å²) in [6.07, 6.45) is 4.01. The number of H-pyrrole nitrogens is 1. The summed E-state index contributed by atoms with van der Waals surface area (Å²) in [5.74, 6) is -0.230. The zero-order valence-electron chi connectivity index (χ0n) is 15.4.